The Kier molecular flexibility index (Phi) is 5.04. The van der Waals surface area contributed by atoms with Crippen molar-refractivity contribution in [3.63, 3.8) is 0 Å². The van der Waals surface area contributed by atoms with Crippen molar-refractivity contribution >= 4 is 32.6 Å². The molecule has 0 aliphatic rings. The van der Waals surface area contributed by atoms with Gasteiger partial charge in [0.1, 0.15) is 0 Å². The molecule has 4 aromatic carbocycles. The number of hydrogen-bond acceptors (Lipinski definition) is 6. The molecule has 0 bridgehead atoms. The van der Waals surface area contributed by atoms with Crippen molar-refractivity contribution in [2.45, 2.75) is 9.79 Å². The third-order valence-corrected chi connectivity index (χ3v) is 7.02. The Morgan fingerprint density at radius 1 is 0.484 bits per heavy atom. The molecule has 4 rings (SSSR count). The average molecular weight is 431 g/mol. The van der Waals surface area contributed by atoms with Gasteiger partial charge in [-0.3, -0.25) is 0 Å². The summed E-state index contributed by atoms with van der Waals surface area (Å²) >= 11 is 0. The van der Waals surface area contributed by atoms with Gasteiger partial charge in [-0.05, 0) is 35.4 Å². The summed E-state index contributed by atoms with van der Waals surface area (Å²) in [5.74, 6) is 0. The quantitative estimate of drug-likeness (QED) is 0.358. The van der Waals surface area contributed by atoms with E-state index in [4.69, 9.17) is 22.9 Å². The number of anilines is 4. The minimum Gasteiger partial charge on any atom is -0.397 e. The van der Waals surface area contributed by atoms with Crippen molar-refractivity contribution in [2.75, 3.05) is 22.9 Å². The van der Waals surface area contributed by atoms with Gasteiger partial charge in [0.15, 0.2) is 0 Å². The topological polar surface area (TPSA) is 138 Å². The van der Waals surface area contributed by atoms with Crippen molar-refractivity contribution in [1.29, 1.82) is 0 Å². The van der Waals surface area contributed by atoms with E-state index in [1.54, 1.807) is 24.3 Å². The molecule has 0 aliphatic carbocycles. The molecule has 156 valence electrons. The standard InChI is InChI=1S/C24H22N4O2S/c25-17-11-13-19(21(23(17)27)15-7-3-1-4-8-15)31(29,30)20-14-12-18(26)24(28)22(20)16-9-5-2-6-10-16/h1-14H,25-28H2. The molecule has 0 atom stereocenters. The van der Waals surface area contributed by atoms with Crippen LogP contribution in [-0.2, 0) is 9.84 Å². The van der Waals surface area contributed by atoms with Crippen molar-refractivity contribution in [1.82, 2.24) is 0 Å². The maximum Gasteiger partial charge on any atom is 0.207 e. The van der Waals surface area contributed by atoms with Gasteiger partial charge in [0.05, 0.1) is 32.5 Å². The van der Waals surface area contributed by atoms with Gasteiger partial charge in [-0.1, -0.05) is 60.7 Å². The first-order chi connectivity index (χ1) is 14.8. The number of nitrogens with two attached hydrogens (primary N) is 4. The highest BCUT2D eigenvalue weighted by molar-refractivity contribution is 7.91. The van der Waals surface area contributed by atoms with E-state index in [9.17, 15) is 8.42 Å². The van der Waals surface area contributed by atoms with E-state index in [-0.39, 0.29) is 21.2 Å². The third-order valence-electron chi connectivity index (χ3n) is 5.19. The molecule has 0 saturated carbocycles. The summed E-state index contributed by atoms with van der Waals surface area (Å²) in [7, 11) is -4.05. The molecule has 7 heteroatoms. The minimum atomic E-state index is -4.05. The highest BCUT2D eigenvalue weighted by atomic mass is 32.2. The Morgan fingerprint density at radius 3 is 1.19 bits per heavy atom. The van der Waals surface area contributed by atoms with Crippen LogP contribution in [0.1, 0.15) is 0 Å². The fraction of sp³-hybridized carbons (Fsp3) is 0. The smallest absolute Gasteiger partial charge is 0.207 e. The Balaban J connectivity index is 2.05. The van der Waals surface area contributed by atoms with Crippen molar-refractivity contribution in [3.05, 3.63) is 84.9 Å². The van der Waals surface area contributed by atoms with Crippen LogP contribution >= 0.6 is 0 Å². The maximum atomic E-state index is 14.0. The van der Waals surface area contributed by atoms with Crippen LogP contribution in [0.3, 0.4) is 0 Å². The van der Waals surface area contributed by atoms with E-state index in [2.05, 4.69) is 0 Å². The molecule has 0 aromatic heterocycles. The molecule has 6 nitrogen and oxygen atoms in total. The highest BCUT2D eigenvalue weighted by Crippen LogP contribution is 2.43. The lowest BCUT2D eigenvalue weighted by molar-refractivity contribution is 0.596. The fourth-order valence-corrected chi connectivity index (χ4v) is 5.33. The molecule has 0 radical (unpaired) electrons. The molecular weight excluding hydrogens is 408 g/mol. The summed E-state index contributed by atoms with van der Waals surface area (Å²) < 4.78 is 27.9. The van der Waals surface area contributed by atoms with Crippen LogP contribution in [0.25, 0.3) is 22.3 Å². The van der Waals surface area contributed by atoms with Crippen LogP contribution in [-0.4, -0.2) is 8.42 Å². The Hall–Kier alpha value is -3.97. The van der Waals surface area contributed by atoms with Crippen LogP contribution in [0.4, 0.5) is 22.7 Å². The molecule has 4 aromatic rings. The number of sulfone groups is 1. The predicted molar refractivity (Wildman–Crippen MR) is 127 cm³/mol. The normalized spacial score (nSPS) is 11.4. The molecular formula is C24H22N4O2S. The molecule has 0 spiro atoms. The Bertz CT molecular complexity index is 1270. The maximum absolute atomic E-state index is 14.0. The molecule has 0 amide bonds. The van der Waals surface area contributed by atoms with Crippen LogP contribution in [0.15, 0.2) is 94.7 Å². The molecule has 31 heavy (non-hydrogen) atoms. The average Bonchev–Trinajstić information content (AvgIpc) is 2.78. The monoisotopic (exact) mass is 430 g/mol. The van der Waals surface area contributed by atoms with E-state index in [0.717, 1.165) is 0 Å². The van der Waals surface area contributed by atoms with E-state index in [1.807, 2.05) is 36.4 Å². The van der Waals surface area contributed by atoms with Crippen molar-refractivity contribution < 1.29 is 8.42 Å². The van der Waals surface area contributed by atoms with Gasteiger partial charge in [0, 0.05) is 11.1 Å². The molecule has 0 saturated heterocycles. The van der Waals surface area contributed by atoms with Crippen LogP contribution < -0.4 is 22.9 Å². The van der Waals surface area contributed by atoms with E-state index in [0.29, 0.717) is 33.6 Å². The number of nitrogen functional groups attached to an aromatic ring is 4. The number of hydrogen-bond donors (Lipinski definition) is 4. The van der Waals surface area contributed by atoms with E-state index < -0.39 is 9.84 Å². The molecule has 0 fully saturated rings. The molecule has 0 heterocycles. The predicted octanol–water partition coefficient (Wildman–Crippen LogP) is 4.18. The van der Waals surface area contributed by atoms with Crippen LogP contribution in [0, 0.1) is 0 Å². The second kappa shape index (κ2) is 7.70. The van der Waals surface area contributed by atoms with Gasteiger partial charge >= 0.3 is 0 Å². The largest absolute Gasteiger partial charge is 0.397 e. The van der Waals surface area contributed by atoms with Crippen LogP contribution in [0.5, 0.6) is 0 Å². The summed E-state index contributed by atoms with van der Waals surface area (Å²) in [4.78, 5) is 0.0958. The summed E-state index contributed by atoms with van der Waals surface area (Å²) in [5, 5.41) is 0. The van der Waals surface area contributed by atoms with Gasteiger partial charge < -0.3 is 22.9 Å². The third kappa shape index (κ3) is 3.45. The van der Waals surface area contributed by atoms with Gasteiger partial charge in [-0.2, -0.15) is 0 Å². The lowest BCUT2D eigenvalue weighted by Gasteiger charge is -2.19. The van der Waals surface area contributed by atoms with Gasteiger partial charge in [0.25, 0.3) is 0 Å². The summed E-state index contributed by atoms with van der Waals surface area (Å²) in [6, 6.07) is 24.0. The lowest BCUT2D eigenvalue weighted by Crippen LogP contribution is -2.10. The van der Waals surface area contributed by atoms with E-state index in [1.165, 1.54) is 24.3 Å². The van der Waals surface area contributed by atoms with Crippen molar-refractivity contribution in [2.24, 2.45) is 0 Å². The van der Waals surface area contributed by atoms with Gasteiger partial charge in [-0.15, -0.1) is 0 Å². The summed E-state index contributed by atoms with van der Waals surface area (Å²) in [6.45, 7) is 0. The zero-order valence-corrected chi connectivity index (χ0v) is 17.4. The fourth-order valence-electron chi connectivity index (χ4n) is 3.60. The van der Waals surface area contributed by atoms with Gasteiger partial charge in [0.2, 0.25) is 9.84 Å². The minimum absolute atomic E-state index is 0.0479. The second-order valence-corrected chi connectivity index (χ2v) is 9.01. The SMILES string of the molecule is Nc1ccc(S(=O)(=O)c2ccc(N)c(N)c2-c2ccccc2)c(-c2ccccc2)c1N. The summed E-state index contributed by atoms with van der Waals surface area (Å²) in [5.41, 5.74) is 27.6. The van der Waals surface area contributed by atoms with Gasteiger partial charge in [-0.25, -0.2) is 8.42 Å². The zero-order valence-electron chi connectivity index (χ0n) is 16.6. The molecule has 0 aliphatic heterocycles. The van der Waals surface area contributed by atoms with E-state index >= 15 is 0 Å². The first-order valence-corrected chi connectivity index (χ1v) is 11.0. The second-order valence-electron chi connectivity index (χ2n) is 7.12. The Morgan fingerprint density at radius 2 is 0.839 bits per heavy atom. The first-order valence-electron chi connectivity index (χ1n) is 9.54. The highest BCUT2D eigenvalue weighted by Gasteiger charge is 2.28. The van der Waals surface area contributed by atoms with Crippen molar-refractivity contribution in [3.8, 4) is 22.3 Å². The summed E-state index contributed by atoms with van der Waals surface area (Å²) in [6.07, 6.45) is 0. The molecule has 8 N–H and O–H groups in total. The van der Waals surface area contributed by atoms with Crippen LogP contribution in [0.2, 0.25) is 0 Å². The molecule has 0 unspecified atom stereocenters. The number of benzene rings is 4. The zero-order chi connectivity index (χ0) is 22.2. The Labute approximate surface area is 181 Å². The first kappa shape index (κ1) is 20.3. The lowest BCUT2D eigenvalue weighted by atomic mass is 10.0. The number of rotatable bonds is 4.